The van der Waals surface area contributed by atoms with Crippen LogP contribution in [-0.2, 0) is 27.3 Å². The second kappa shape index (κ2) is 8.00. The van der Waals surface area contributed by atoms with Gasteiger partial charge in [0.25, 0.3) is 5.91 Å². The number of carbonyl (C=O) groups is 2. The number of nitrogens with one attached hydrogen (secondary N) is 1. The van der Waals surface area contributed by atoms with Gasteiger partial charge in [-0.3, -0.25) is 9.59 Å². The molecule has 2 amide bonds. The second-order valence-electron chi connectivity index (χ2n) is 7.07. The van der Waals surface area contributed by atoms with Crippen molar-refractivity contribution in [3.63, 3.8) is 0 Å². The average Bonchev–Trinajstić information content (AvgIpc) is 3.11. The molecule has 1 aromatic rings. The number of hydrogen-bond donors (Lipinski definition) is 1. The van der Waals surface area contributed by atoms with E-state index >= 15 is 0 Å². The molecule has 0 radical (unpaired) electrons. The van der Waals surface area contributed by atoms with Crippen molar-refractivity contribution >= 4 is 17.5 Å². The molecule has 1 aliphatic heterocycles. The van der Waals surface area contributed by atoms with Crippen molar-refractivity contribution in [2.24, 2.45) is 0 Å². The maximum absolute atomic E-state index is 12.9. The zero-order valence-electron chi connectivity index (χ0n) is 15.2. The van der Waals surface area contributed by atoms with E-state index in [4.69, 9.17) is 4.74 Å². The molecule has 1 unspecified atom stereocenters. The number of carbonyl (C=O) groups excluding carboxylic acids is 2. The van der Waals surface area contributed by atoms with E-state index in [0.29, 0.717) is 19.5 Å². The summed E-state index contributed by atoms with van der Waals surface area (Å²) in [4.78, 5) is 26.2. The minimum atomic E-state index is -0.330. The molecule has 1 N–H and O–H groups in total. The molecular weight excluding hydrogens is 316 g/mol. The summed E-state index contributed by atoms with van der Waals surface area (Å²) in [7, 11) is 0. The number of hydrogen-bond acceptors (Lipinski definition) is 3. The Hall–Kier alpha value is -1.88. The van der Waals surface area contributed by atoms with E-state index in [2.05, 4.69) is 5.32 Å². The number of anilines is 1. The lowest BCUT2D eigenvalue weighted by Gasteiger charge is -2.33. The minimum absolute atomic E-state index is 0.0667. The molecule has 1 aromatic carbocycles. The average molecular weight is 344 g/mol. The third kappa shape index (κ3) is 4.21. The Morgan fingerprint density at radius 2 is 2.08 bits per heavy atom. The molecule has 3 rings (SSSR count). The number of benzene rings is 1. The SMILES string of the molecule is CCC(OC1CCCC1)C(=O)N1CCc2c(cccc2NC(C)=O)C1. The van der Waals surface area contributed by atoms with E-state index in [-0.39, 0.29) is 24.0 Å². The summed E-state index contributed by atoms with van der Waals surface area (Å²) in [5.41, 5.74) is 3.12. The maximum Gasteiger partial charge on any atom is 0.252 e. The zero-order valence-corrected chi connectivity index (χ0v) is 15.2. The first-order valence-electron chi connectivity index (χ1n) is 9.41. The van der Waals surface area contributed by atoms with Gasteiger partial charge in [-0.1, -0.05) is 31.9 Å². The van der Waals surface area contributed by atoms with Crippen molar-refractivity contribution in [1.29, 1.82) is 0 Å². The first-order valence-corrected chi connectivity index (χ1v) is 9.41. The molecule has 0 spiro atoms. The Bertz CT molecular complexity index is 638. The van der Waals surface area contributed by atoms with E-state index in [1.165, 1.54) is 19.8 Å². The lowest BCUT2D eigenvalue weighted by atomic mass is 9.97. The highest BCUT2D eigenvalue weighted by Gasteiger charge is 2.30. The van der Waals surface area contributed by atoms with E-state index in [1.807, 2.05) is 30.0 Å². The second-order valence-corrected chi connectivity index (χ2v) is 7.07. The van der Waals surface area contributed by atoms with Gasteiger partial charge in [-0.05, 0) is 42.9 Å². The van der Waals surface area contributed by atoms with Gasteiger partial charge in [0, 0.05) is 25.7 Å². The summed E-state index contributed by atoms with van der Waals surface area (Å²) in [6.07, 6.45) is 5.96. The summed E-state index contributed by atoms with van der Waals surface area (Å²) in [5.74, 6) is 0.0351. The van der Waals surface area contributed by atoms with Crippen LogP contribution in [-0.4, -0.2) is 35.5 Å². The lowest BCUT2D eigenvalue weighted by Crippen LogP contribution is -2.44. The Morgan fingerprint density at radius 1 is 1.32 bits per heavy atom. The van der Waals surface area contributed by atoms with Crippen LogP contribution in [0.5, 0.6) is 0 Å². The van der Waals surface area contributed by atoms with Crippen LogP contribution in [0.15, 0.2) is 18.2 Å². The van der Waals surface area contributed by atoms with Gasteiger partial charge in [0.15, 0.2) is 0 Å². The zero-order chi connectivity index (χ0) is 17.8. The third-order valence-corrected chi connectivity index (χ3v) is 5.19. The summed E-state index contributed by atoms with van der Waals surface area (Å²) < 4.78 is 6.09. The van der Waals surface area contributed by atoms with E-state index in [0.717, 1.165) is 36.1 Å². The van der Waals surface area contributed by atoms with Gasteiger partial charge in [-0.15, -0.1) is 0 Å². The van der Waals surface area contributed by atoms with Gasteiger partial charge >= 0.3 is 0 Å². The highest BCUT2D eigenvalue weighted by Crippen LogP contribution is 2.28. The molecule has 2 aliphatic rings. The van der Waals surface area contributed by atoms with E-state index in [9.17, 15) is 9.59 Å². The van der Waals surface area contributed by atoms with Gasteiger partial charge in [-0.2, -0.15) is 0 Å². The summed E-state index contributed by atoms with van der Waals surface area (Å²) in [6, 6.07) is 5.90. The molecule has 1 saturated carbocycles. The standard InChI is InChI=1S/C20H28N2O3/c1-3-19(25-16-8-4-5-9-16)20(24)22-12-11-17-15(13-22)7-6-10-18(17)21-14(2)23/h6-7,10,16,19H,3-5,8-9,11-13H2,1-2H3,(H,21,23). The molecule has 0 aromatic heterocycles. The molecule has 5 heteroatoms. The first kappa shape index (κ1) is 17.9. The number of rotatable bonds is 5. The molecule has 136 valence electrons. The van der Waals surface area contributed by atoms with Crippen LogP contribution >= 0.6 is 0 Å². The maximum atomic E-state index is 12.9. The van der Waals surface area contributed by atoms with Crippen molar-refractivity contribution in [2.75, 3.05) is 11.9 Å². The monoisotopic (exact) mass is 344 g/mol. The molecule has 1 aliphatic carbocycles. The predicted molar refractivity (Wildman–Crippen MR) is 97.3 cm³/mol. The number of fused-ring (bicyclic) bond motifs is 1. The van der Waals surface area contributed by atoms with E-state index < -0.39 is 0 Å². The fourth-order valence-corrected chi connectivity index (χ4v) is 3.89. The van der Waals surface area contributed by atoms with Crippen LogP contribution in [0.25, 0.3) is 0 Å². The summed E-state index contributed by atoms with van der Waals surface area (Å²) >= 11 is 0. The molecule has 0 bridgehead atoms. The van der Waals surface area contributed by atoms with Crippen molar-refractivity contribution in [3.05, 3.63) is 29.3 Å². The molecule has 1 heterocycles. The molecule has 5 nitrogen and oxygen atoms in total. The summed E-state index contributed by atoms with van der Waals surface area (Å²) in [5, 5.41) is 2.89. The Morgan fingerprint density at radius 3 is 2.76 bits per heavy atom. The summed E-state index contributed by atoms with van der Waals surface area (Å²) in [6.45, 7) is 4.80. The number of ether oxygens (including phenoxy) is 1. The minimum Gasteiger partial charge on any atom is -0.365 e. The van der Waals surface area contributed by atoms with Crippen molar-refractivity contribution in [1.82, 2.24) is 4.90 Å². The molecule has 0 saturated heterocycles. The molecular formula is C20H28N2O3. The first-order chi connectivity index (χ1) is 12.1. The largest absolute Gasteiger partial charge is 0.365 e. The fourth-order valence-electron chi connectivity index (χ4n) is 3.89. The smallest absolute Gasteiger partial charge is 0.252 e. The lowest BCUT2D eigenvalue weighted by molar-refractivity contribution is -0.148. The third-order valence-electron chi connectivity index (χ3n) is 5.19. The normalized spacial score (nSPS) is 18.7. The van der Waals surface area contributed by atoms with Crippen LogP contribution in [0.2, 0.25) is 0 Å². The van der Waals surface area contributed by atoms with Crippen LogP contribution in [0, 0.1) is 0 Å². The van der Waals surface area contributed by atoms with Crippen LogP contribution in [0.1, 0.15) is 57.1 Å². The number of amides is 2. The van der Waals surface area contributed by atoms with Gasteiger partial charge in [0.2, 0.25) is 5.91 Å². The van der Waals surface area contributed by atoms with Gasteiger partial charge in [0.05, 0.1) is 6.10 Å². The molecule has 1 atom stereocenters. The van der Waals surface area contributed by atoms with Crippen molar-refractivity contribution in [3.8, 4) is 0 Å². The number of nitrogens with zero attached hydrogens (tertiary/aromatic N) is 1. The molecule has 25 heavy (non-hydrogen) atoms. The quantitative estimate of drug-likeness (QED) is 0.892. The van der Waals surface area contributed by atoms with Gasteiger partial charge in [0.1, 0.15) is 6.10 Å². The van der Waals surface area contributed by atoms with Crippen molar-refractivity contribution in [2.45, 2.75) is 71.1 Å². The van der Waals surface area contributed by atoms with Crippen LogP contribution < -0.4 is 5.32 Å². The van der Waals surface area contributed by atoms with Gasteiger partial charge < -0.3 is 15.0 Å². The predicted octanol–water partition coefficient (Wildman–Crippen LogP) is 3.27. The van der Waals surface area contributed by atoms with Crippen LogP contribution in [0.4, 0.5) is 5.69 Å². The Kier molecular flexibility index (Phi) is 5.74. The fraction of sp³-hybridized carbons (Fsp3) is 0.600. The highest BCUT2D eigenvalue weighted by atomic mass is 16.5. The topological polar surface area (TPSA) is 58.6 Å². The van der Waals surface area contributed by atoms with E-state index in [1.54, 1.807) is 0 Å². The highest BCUT2D eigenvalue weighted by molar-refractivity contribution is 5.90. The van der Waals surface area contributed by atoms with Crippen LogP contribution in [0.3, 0.4) is 0 Å². The van der Waals surface area contributed by atoms with Crippen molar-refractivity contribution < 1.29 is 14.3 Å². The van der Waals surface area contributed by atoms with Gasteiger partial charge in [-0.25, -0.2) is 0 Å². The Balaban J connectivity index is 1.68. The molecule has 1 fully saturated rings. The Labute approximate surface area is 149 Å².